The summed E-state index contributed by atoms with van der Waals surface area (Å²) in [7, 11) is -3.51. The van der Waals surface area contributed by atoms with E-state index in [0.717, 1.165) is 19.3 Å². The predicted molar refractivity (Wildman–Crippen MR) is 89.6 cm³/mol. The molecule has 0 atom stereocenters. The van der Waals surface area contributed by atoms with Crippen LogP contribution in [0.4, 0.5) is 0 Å². The summed E-state index contributed by atoms with van der Waals surface area (Å²) in [5.41, 5.74) is 0.636. The van der Waals surface area contributed by atoms with Crippen LogP contribution in [0.3, 0.4) is 0 Å². The smallest absolute Gasteiger partial charge is 0.207 e. The Labute approximate surface area is 138 Å². The van der Waals surface area contributed by atoms with Crippen molar-refractivity contribution in [3.8, 4) is 0 Å². The Morgan fingerprint density at radius 1 is 1.24 bits per heavy atom. The molecule has 0 unspecified atom stereocenters. The summed E-state index contributed by atoms with van der Waals surface area (Å²) in [6, 6.07) is 4.63. The third-order valence-electron chi connectivity index (χ3n) is 3.33. The van der Waals surface area contributed by atoms with Gasteiger partial charge in [-0.1, -0.05) is 31.4 Å². The van der Waals surface area contributed by atoms with E-state index in [0.29, 0.717) is 17.1 Å². The van der Waals surface area contributed by atoms with Gasteiger partial charge in [-0.15, -0.1) is 11.6 Å². The quantitative estimate of drug-likeness (QED) is 0.504. The molecule has 21 heavy (non-hydrogen) atoms. The Kier molecular flexibility index (Phi) is 7.48. The molecule has 0 aliphatic carbocycles. The van der Waals surface area contributed by atoms with E-state index in [1.807, 2.05) is 13.8 Å². The minimum absolute atomic E-state index is 0.0815. The van der Waals surface area contributed by atoms with E-state index in [-0.39, 0.29) is 16.8 Å². The molecule has 0 saturated carbocycles. The van der Waals surface area contributed by atoms with Crippen molar-refractivity contribution in [2.45, 2.75) is 56.9 Å². The largest absolute Gasteiger partial charge is 0.243 e. The van der Waals surface area contributed by atoms with Gasteiger partial charge in [0.1, 0.15) is 0 Å². The molecule has 0 aromatic heterocycles. The summed E-state index contributed by atoms with van der Waals surface area (Å²) in [6.45, 7) is 6.41. The number of unbranched alkanes of at least 4 members (excludes halogenated alkanes) is 2. The molecule has 0 bridgehead atoms. The fourth-order valence-electron chi connectivity index (χ4n) is 2.12. The molecule has 0 radical (unpaired) electrons. The highest BCUT2D eigenvalue weighted by atomic mass is 35.5. The number of halogens is 2. The average molecular weight is 352 g/mol. The molecular formula is C15H23Cl2NO2S. The summed E-state index contributed by atoms with van der Waals surface area (Å²) in [5, 5.41) is 0.492. The highest BCUT2D eigenvalue weighted by Crippen LogP contribution is 2.25. The van der Waals surface area contributed by atoms with E-state index in [2.05, 4.69) is 6.92 Å². The summed E-state index contributed by atoms with van der Waals surface area (Å²) >= 11 is 11.8. The molecular weight excluding hydrogens is 329 g/mol. The monoisotopic (exact) mass is 351 g/mol. The maximum absolute atomic E-state index is 12.8. The Balaban J connectivity index is 3.10. The van der Waals surface area contributed by atoms with Crippen molar-refractivity contribution in [2.75, 3.05) is 6.54 Å². The summed E-state index contributed by atoms with van der Waals surface area (Å²) in [4.78, 5) is 0.257. The van der Waals surface area contributed by atoms with Crippen molar-refractivity contribution in [3.05, 3.63) is 28.8 Å². The lowest BCUT2D eigenvalue weighted by Crippen LogP contribution is -2.37. The van der Waals surface area contributed by atoms with Gasteiger partial charge < -0.3 is 0 Å². The second-order valence-corrected chi connectivity index (χ2v) is 7.87. The van der Waals surface area contributed by atoms with Crippen molar-refractivity contribution in [1.29, 1.82) is 0 Å². The van der Waals surface area contributed by atoms with Gasteiger partial charge >= 0.3 is 0 Å². The van der Waals surface area contributed by atoms with Gasteiger partial charge in [0.2, 0.25) is 10.0 Å². The molecule has 120 valence electrons. The fourth-order valence-corrected chi connectivity index (χ4v) is 4.32. The minimum Gasteiger partial charge on any atom is -0.207 e. The summed E-state index contributed by atoms with van der Waals surface area (Å²) in [6.07, 6.45) is 2.94. The van der Waals surface area contributed by atoms with Crippen LogP contribution in [0, 0.1) is 0 Å². The number of nitrogens with zero attached hydrogens (tertiary/aromatic N) is 1. The van der Waals surface area contributed by atoms with Crippen LogP contribution in [0.2, 0.25) is 5.02 Å². The molecule has 0 heterocycles. The maximum Gasteiger partial charge on any atom is 0.243 e. The molecule has 0 spiro atoms. The zero-order chi connectivity index (χ0) is 16.0. The minimum atomic E-state index is -3.51. The van der Waals surface area contributed by atoms with Crippen LogP contribution in [-0.2, 0) is 15.9 Å². The van der Waals surface area contributed by atoms with Gasteiger partial charge in [-0.05, 0) is 44.0 Å². The predicted octanol–water partition coefficient (Wildman–Crippen LogP) is 4.67. The van der Waals surface area contributed by atoms with Gasteiger partial charge in [0.25, 0.3) is 0 Å². The van der Waals surface area contributed by atoms with Crippen LogP contribution in [0.5, 0.6) is 0 Å². The third-order valence-corrected chi connectivity index (χ3v) is 6.05. The first-order valence-corrected chi connectivity index (χ1v) is 9.56. The first-order valence-electron chi connectivity index (χ1n) is 7.20. The topological polar surface area (TPSA) is 37.4 Å². The van der Waals surface area contributed by atoms with Crippen LogP contribution < -0.4 is 0 Å². The first kappa shape index (κ1) is 18.8. The fraction of sp³-hybridized carbons (Fsp3) is 0.600. The Hall–Kier alpha value is -0.290. The standard InChI is InChI=1S/C15H23Cl2NO2S/c1-4-5-6-9-18(12(2)3)21(19,20)14-7-8-15(17)13(10-14)11-16/h7-8,10,12H,4-6,9,11H2,1-3H3. The molecule has 0 aliphatic rings. The number of sulfonamides is 1. The molecule has 1 aromatic rings. The Morgan fingerprint density at radius 3 is 2.43 bits per heavy atom. The van der Waals surface area contributed by atoms with E-state index in [1.54, 1.807) is 22.5 Å². The number of alkyl halides is 1. The number of benzene rings is 1. The Bertz CT molecular complexity index is 559. The van der Waals surface area contributed by atoms with E-state index in [1.165, 1.54) is 0 Å². The van der Waals surface area contributed by atoms with Crippen LogP contribution in [0.15, 0.2) is 23.1 Å². The summed E-state index contributed by atoms with van der Waals surface area (Å²) < 4.78 is 27.1. The maximum atomic E-state index is 12.8. The second kappa shape index (κ2) is 8.37. The molecule has 1 rings (SSSR count). The zero-order valence-electron chi connectivity index (χ0n) is 12.8. The van der Waals surface area contributed by atoms with Crippen LogP contribution in [0.25, 0.3) is 0 Å². The lowest BCUT2D eigenvalue weighted by molar-refractivity contribution is 0.345. The third kappa shape index (κ3) is 4.85. The number of hydrogen-bond donors (Lipinski definition) is 0. The zero-order valence-corrected chi connectivity index (χ0v) is 15.1. The van der Waals surface area contributed by atoms with Crippen molar-refractivity contribution < 1.29 is 8.42 Å². The highest BCUT2D eigenvalue weighted by molar-refractivity contribution is 7.89. The SMILES string of the molecule is CCCCCN(C(C)C)S(=O)(=O)c1ccc(Cl)c(CCl)c1. The van der Waals surface area contributed by atoms with Crippen LogP contribution >= 0.6 is 23.2 Å². The lowest BCUT2D eigenvalue weighted by Gasteiger charge is -2.26. The van der Waals surface area contributed by atoms with Gasteiger partial charge in [0.15, 0.2) is 0 Å². The molecule has 0 saturated heterocycles. The second-order valence-electron chi connectivity index (χ2n) is 5.30. The summed E-state index contributed by atoms with van der Waals surface area (Å²) in [5.74, 6) is 0.194. The van der Waals surface area contributed by atoms with Crippen molar-refractivity contribution >= 4 is 33.2 Å². The van der Waals surface area contributed by atoms with Gasteiger partial charge in [0, 0.05) is 23.5 Å². The van der Waals surface area contributed by atoms with Crippen molar-refractivity contribution in [1.82, 2.24) is 4.31 Å². The van der Waals surface area contributed by atoms with Gasteiger partial charge in [-0.25, -0.2) is 8.42 Å². The molecule has 1 aromatic carbocycles. The van der Waals surface area contributed by atoms with Crippen molar-refractivity contribution in [3.63, 3.8) is 0 Å². The van der Waals surface area contributed by atoms with E-state index >= 15 is 0 Å². The molecule has 3 nitrogen and oxygen atoms in total. The lowest BCUT2D eigenvalue weighted by atomic mass is 10.2. The number of hydrogen-bond acceptors (Lipinski definition) is 2. The first-order chi connectivity index (χ1) is 9.84. The van der Waals surface area contributed by atoms with Crippen molar-refractivity contribution in [2.24, 2.45) is 0 Å². The molecule has 0 amide bonds. The van der Waals surface area contributed by atoms with Gasteiger partial charge in [-0.2, -0.15) is 4.31 Å². The van der Waals surface area contributed by atoms with Gasteiger partial charge in [-0.3, -0.25) is 0 Å². The normalized spacial score (nSPS) is 12.3. The number of rotatable bonds is 8. The molecule has 0 N–H and O–H groups in total. The molecule has 0 aliphatic heterocycles. The Morgan fingerprint density at radius 2 is 1.90 bits per heavy atom. The average Bonchev–Trinajstić information content (AvgIpc) is 2.43. The highest BCUT2D eigenvalue weighted by Gasteiger charge is 2.27. The van der Waals surface area contributed by atoms with E-state index in [4.69, 9.17) is 23.2 Å². The van der Waals surface area contributed by atoms with Crippen LogP contribution in [-0.4, -0.2) is 25.3 Å². The van der Waals surface area contributed by atoms with E-state index < -0.39 is 10.0 Å². The molecule has 0 fully saturated rings. The van der Waals surface area contributed by atoms with Gasteiger partial charge in [0.05, 0.1) is 4.90 Å². The molecule has 6 heteroatoms. The van der Waals surface area contributed by atoms with E-state index in [9.17, 15) is 8.42 Å². The van der Waals surface area contributed by atoms with Crippen LogP contribution in [0.1, 0.15) is 45.6 Å².